The normalized spacial score (nSPS) is 20.5. The molecule has 0 saturated carbocycles. The maximum Gasteiger partial charge on any atom is 0.387 e. The van der Waals surface area contributed by atoms with E-state index < -0.39 is 16.4 Å². The first-order valence-corrected chi connectivity index (χ1v) is 8.81. The molecule has 1 aliphatic rings. The van der Waals surface area contributed by atoms with Crippen molar-refractivity contribution in [1.82, 2.24) is 4.90 Å². The minimum atomic E-state index is -2.95. The van der Waals surface area contributed by atoms with Crippen LogP contribution >= 0.6 is 0 Å². The first kappa shape index (κ1) is 16.9. The predicted molar refractivity (Wildman–Crippen MR) is 80.7 cm³/mol. The zero-order valence-corrected chi connectivity index (χ0v) is 12.9. The number of hydrogen-bond acceptors (Lipinski definition) is 4. The Kier molecular flexibility index (Phi) is 5.52. The van der Waals surface area contributed by atoms with Gasteiger partial charge in [-0.1, -0.05) is 18.2 Å². The van der Waals surface area contributed by atoms with Crippen LogP contribution in [0.15, 0.2) is 36.9 Å². The van der Waals surface area contributed by atoms with E-state index in [0.29, 0.717) is 19.5 Å². The number of ether oxygens (including phenoxy) is 1. The van der Waals surface area contributed by atoms with Crippen molar-refractivity contribution in [2.75, 3.05) is 18.1 Å². The number of hydrogen-bond donors (Lipinski definition) is 0. The van der Waals surface area contributed by atoms with Gasteiger partial charge in [0.2, 0.25) is 0 Å². The average Bonchev–Trinajstić information content (AvgIpc) is 2.80. The highest BCUT2D eigenvalue weighted by Crippen LogP contribution is 2.21. The summed E-state index contributed by atoms with van der Waals surface area (Å²) >= 11 is 0. The standard InChI is InChI=1S/C15H19F2NO3S/c1-2-8-18(13-7-9-22(19,20)11-13)10-12-3-5-14(6-4-12)21-15(16)17/h2-6,13,15H,1,7-11H2/t13-/m0/s1. The van der Waals surface area contributed by atoms with E-state index in [1.165, 1.54) is 12.1 Å². The third-order valence-corrected chi connectivity index (χ3v) is 5.37. The van der Waals surface area contributed by atoms with Crippen LogP contribution in [0.2, 0.25) is 0 Å². The second-order valence-corrected chi connectivity index (χ2v) is 7.53. The van der Waals surface area contributed by atoms with E-state index >= 15 is 0 Å². The molecule has 1 heterocycles. The molecule has 4 nitrogen and oxygen atoms in total. The summed E-state index contributed by atoms with van der Waals surface area (Å²) in [6.45, 7) is 1.98. The molecule has 0 spiro atoms. The molecule has 0 unspecified atom stereocenters. The lowest BCUT2D eigenvalue weighted by atomic mass is 10.1. The summed E-state index contributed by atoms with van der Waals surface area (Å²) < 4.78 is 51.7. The van der Waals surface area contributed by atoms with Gasteiger partial charge in [-0.25, -0.2) is 8.42 Å². The Bertz CT molecular complexity index is 602. The summed E-state index contributed by atoms with van der Waals surface area (Å²) in [6, 6.07) is 6.35. The number of halogens is 2. The lowest BCUT2D eigenvalue weighted by molar-refractivity contribution is -0.0498. The van der Waals surface area contributed by atoms with Gasteiger partial charge in [-0.15, -0.1) is 6.58 Å². The third-order valence-electron chi connectivity index (χ3n) is 3.62. The van der Waals surface area contributed by atoms with Crippen molar-refractivity contribution >= 4 is 9.84 Å². The highest BCUT2D eigenvalue weighted by Gasteiger charge is 2.31. The number of alkyl halides is 2. The maximum absolute atomic E-state index is 12.1. The summed E-state index contributed by atoms with van der Waals surface area (Å²) in [7, 11) is -2.95. The molecule has 122 valence electrons. The first-order chi connectivity index (χ1) is 10.4. The fraction of sp³-hybridized carbons (Fsp3) is 0.467. The fourth-order valence-corrected chi connectivity index (χ4v) is 4.34. The molecule has 0 N–H and O–H groups in total. The van der Waals surface area contributed by atoms with E-state index in [2.05, 4.69) is 11.3 Å². The molecule has 7 heteroatoms. The molecule has 1 atom stereocenters. The van der Waals surface area contributed by atoms with Gasteiger partial charge in [0, 0.05) is 19.1 Å². The van der Waals surface area contributed by atoms with Crippen LogP contribution < -0.4 is 4.74 Å². The molecule has 1 aliphatic heterocycles. The van der Waals surface area contributed by atoms with E-state index in [0.717, 1.165) is 5.56 Å². The van der Waals surface area contributed by atoms with Crippen molar-refractivity contribution in [3.8, 4) is 5.75 Å². The van der Waals surface area contributed by atoms with E-state index in [-0.39, 0.29) is 23.3 Å². The minimum absolute atomic E-state index is 0.0278. The number of nitrogens with zero attached hydrogens (tertiary/aromatic N) is 1. The number of sulfone groups is 1. The SMILES string of the molecule is C=CCN(Cc1ccc(OC(F)F)cc1)[C@H]1CCS(=O)(=O)C1. The topological polar surface area (TPSA) is 46.6 Å². The van der Waals surface area contributed by atoms with Gasteiger partial charge in [-0.2, -0.15) is 8.78 Å². The van der Waals surface area contributed by atoms with Crippen LogP contribution in [0.5, 0.6) is 5.75 Å². The molecule has 22 heavy (non-hydrogen) atoms. The Morgan fingerprint density at radius 1 is 1.36 bits per heavy atom. The summed E-state index contributed by atoms with van der Waals surface area (Å²) in [4.78, 5) is 2.04. The van der Waals surface area contributed by atoms with E-state index in [1.807, 2.05) is 4.90 Å². The van der Waals surface area contributed by atoms with Gasteiger partial charge in [0.1, 0.15) is 5.75 Å². The zero-order chi connectivity index (χ0) is 16.2. The molecule has 1 aromatic rings. The van der Waals surface area contributed by atoms with Crippen molar-refractivity contribution < 1.29 is 21.9 Å². The number of benzene rings is 1. The molecule has 0 radical (unpaired) electrons. The average molecular weight is 331 g/mol. The Morgan fingerprint density at radius 3 is 2.55 bits per heavy atom. The van der Waals surface area contributed by atoms with E-state index in [4.69, 9.17) is 0 Å². The predicted octanol–water partition coefficient (Wildman–Crippen LogP) is 2.46. The summed E-state index contributed by atoms with van der Waals surface area (Å²) in [5, 5.41) is 0. The monoisotopic (exact) mass is 331 g/mol. The van der Waals surface area contributed by atoms with Crippen molar-refractivity contribution in [2.24, 2.45) is 0 Å². The van der Waals surface area contributed by atoms with Gasteiger partial charge in [-0.3, -0.25) is 4.90 Å². The quantitative estimate of drug-likeness (QED) is 0.720. The molecule has 1 aromatic carbocycles. The van der Waals surface area contributed by atoms with Crippen molar-refractivity contribution in [1.29, 1.82) is 0 Å². The Balaban J connectivity index is 2.03. The Morgan fingerprint density at radius 2 is 2.05 bits per heavy atom. The maximum atomic E-state index is 12.1. The minimum Gasteiger partial charge on any atom is -0.435 e. The van der Waals surface area contributed by atoms with Gasteiger partial charge in [0.25, 0.3) is 0 Å². The highest BCUT2D eigenvalue weighted by atomic mass is 32.2. The van der Waals surface area contributed by atoms with Crippen LogP contribution in [0.25, 0.3) is 0 Å². The lowest BCUT2D eigenvalue weighted by Gasteiger charge is -2.26. The molecule has 1 saturated heterocycles. The molecule has 1 fully saturated rings. The van der Waals surface area contributed by atoms with Gasteiger partial charge in [-0.05, 0) is 24.1 Å². The Labute approximate surface area is 129 Å². The van der Waals surface area contributed by atoms with Crippen LogP contribution in [-0.2, 0) is 16.4 Å². The van der Waals surface area contributed by atoms with Crippen LogP contribution in [0.4, 0.5) is 8.78 Å². The summed E-state index contributed by atoms with van der Waals surface area (Å²) in [6.07, 6.45) is 2.35. The summed E-state index contributed by atoms with van der Waals surface area (Å²) in [5.74, 6) is 0.484. The van der Waals surface area contributed by atoms with E-state index in [1.54, 1.807) is 18.2 Å². The molecular formula is C15H19F2NO3S. The van der Waals surface area contributed by atoms with Gasteiger partial charge < -0.3 is 4.74 Å². The van der Waals surface area contributed by atoms with Crippen LogP contribution in [0, 0.1) is 0 Å². The second-order valence-electron chi connectivity index (χ2n) is 5.30. The molecule has 0 aromatic heterocycles. The summed E-state index contributed by atoms with van der Waals surface area (Å²) in [5.41, 5.74) is 0.910. The zero-order valence-electron chi connectivity index (χ0n) is 12.1. The number of rotatable bonds is 7. The second kappa shape index (κ2) is 7.19. The van der Waals surface area contributed by atoms with Crippen molar-refractivity contribution in [2.45, 2.75) is 25.6 Å². The molecular weight excluding hydrogens is 312 g/mol. The molecule has 2 rings (SSSR count). The van der Waals surface area contributed by atoms with Gasteiger partial charge in [0.05, 0.1) is 11.5 Å². The van der Waals surface area contributed by atoms with Crippen LogP contribution in [0.3, 0.4) is 0 Å². The largest absolute Gasteiger partial charge is 0.435 e. The molecule has 0 aliphatic carbocycles. The fourth-order valence-electron chi connectivity index (χ4n) is 2.58. The van der Waals surface area contributed by atoms with Gasteiger partial charge >= 0.3 is 6.61 Å². The van der Waals surface area contributed by atoms with Crippen LogP contribution in [0.1, 0.15) is 12.0 Å². The van der Waals surface area contributed by atoms with Crippen LogP contribution in [-0.4, -0.2) is 44.0 Å². The molecule has 0 bridgehead atoms. The molecule has 0 amide bonds. The van der Waals surface area contributed by atoms with Gasteiger partial charge in [0.15, 0.2) is 9.84 Å². The lowest BCUT2D eigenvalue weighted by Crippen LogP contribution is -2.35. The Hall–Kier alpha value is -1.47. The third kappa shape index (κ3) is 4.78. The highest BCUT2D eigenvalue weighted by molar-refractivity contribution is 7.91. The first-order valence-electron chi connectivity index (χ1n) is 6.99. The smallest absolute Gasteiger partial charge is 0.387 e. The van der Waals surface area contributed by atoms with E-state index in [9.17, 15) is 17.2 Å². The van der Waals surface area contributed by atoms with Crippen molar-refractivity contribution in [3.05, 3.63) is 42.5 Å². The van der Waals surface area contributed by atoms with Crippen molar-refractivity contribution in [3.63, 3.8) is 0 Å².